The number of benzene rings is 1. The van der Waals surface area contributed by atoms with Gasteiger partial charge in [-0.05, 0) is 24.1 Å². The van der Waals surface area contributed by atoms with Crippen LogP contribution in [0.1, 0.15) is 22.3 Å². The molecule has 0 bridgehead atoms. The summed E-state index contributed by atoms with van der Waals surface area (Å²) in [5.74, 6) is -2.08. The molecule has 1 aromatic rings. The Morgan fingerprint density at radius 2 is 2.17 bits per heavy atom. The van der Waals surface area contributed by atoms with Crippen LogP contribution < -0.4 is 0 Å². The van der Waals surface area contributed by atoms with Gasteiger partial charge in [0, 0.05) is 13.1 Å². The molecule has 0 radical (unpaired) electrons. The number of carboxylic acids is 1. The van der Waals surface area contributed by atoms with Crippen molar-refractivity contribution in [3.05, 3.63) is 35.1 Å². The Morgan fingerprint density at radius 1 is 1.44 bits per heavy atom. The average molecular weight is 273 g/mol. The molecule has 0 atom stereocenters. The molecule has 0 unspecified atom stereocenters. The maximum Gasteiger partial charge on any atom is 0.338 e. The number of rotatable bonds is 3. The van der Waals surface area contributed by atoms with Crippen LogP contribution in [-0.2, 0) is 16.6 Å². The number of halogens is 1. The Kier molecular flexibility index (Phi) is 3.36. The number of carboxylic acid groups (broad SMARTS) is 1. The van der Waals surface area contributed by atoms with Gasteiger partial charge in [-0.1, -0.05) is 6.07 Å². The van der Waals surface area contributed by atoms with Crippen molar-refractivity contribution < 1.29 is 22.7 Å². The number of hydrogen-bond donors (Lipinski definition) is 1. The topological polar surface area (TPSA) is 74.7 Å². The van der Waals surface area contributed by atoms with Gasteiger partial charge in [0.15, 0.2) is 0 Å². The first-order chi connectivity index (χ1) is 8.40. The molecule has 5 nitrogen and oxygen atoms in total. The monoisotopic (exact) mass is 273 g/mol. The molecule has 1 aliphatic heterocycles. The van der Waals surface area contributed by atoms with E-state index in [9.17, 15) is 17.6 Å². The largest absolute Gasteiger partial charge is 0.478 e. The van der Waals surface area contributed by atoms with Crippen molar-refractivity contribution in [1.29, 1.82) is 0 Å². The molecule has 0 saturated carbocycles. The maximum atomic E-state index is 13.4. The standard InChI is InChI=1S/C11H12FNO4S/c12-10-6-8(2-3-9(10)11(14)15)7-13-4-1-5-18(13,16)17/h2-3,6H,1,4-5,7H2,(H,14,15). The highest BCUT2D eigenvalue weighted by Crippen LogP contribution is 2.19. The van der Waals surface area contributed by atoms with E-state index in [-0.39, 0.29) is 12.3 Å². The van der Waals surface area contributed by atoms with E-state index in [0.717, 1.165) is 12.1 Å². The Labute approximate surface area is 104 Å². The minimum Gasteiger partial charge on any atom is -0.478 e. The van der Waals surface area contributed by atoms with Crippen LogP contribution in [0, 0.1) is 5.82 Å². The fraction of sp³-hybridized carbons (Fsp3) is 0.364. The summed E-state index contributed by atoms with van der Waals surface area (Å²) in [6.45, 7) is 0.504. The van der Waals surface area contributed by atoms with E-state index in [1.165, 1.54) is 10.4 Å². The Balaban J connectivity index is 2.21. The van der Waals surface area contributed by atoms with Crippen LogP contribution in [0.5, 0.6) is 0 Å². The molecule has 7 heteroatoms. The van der Waals surface area contributed by atoms with Gasteiger partial charge in [-0.2, -0.15) is 4.31 Å². The summed E-state index contributed by atoms with van der Waals surface area (Å²) in [7, 11) is -3.23. The lowest BCUT2D eigenvalue weighted by molar-refractivity contribution is 0.0692. The molecule has 1 saturated heterocycles. The zero-order valence-electron chi connectivity index (χ0n) is 9.47. The van der Waals surface area contributed by atoms with Gasteiger partial charge in [0.2, 0.25) is 10.0 Å². The van der Waals surface area contributed by atoms with Crippen LogP contribution >= 0.6 is 0 Å². The lowest BCUT2D eigenvalue weighted by atomic mass is 10.1. The van der Waals surface area contributed by atoms with E-state index in [1.807, 2.05) is 0 Å². The molecule has 0 aliphatic carbocycles. The Bertz CT molecular complexity index is 585. The van der Waals surface area contributed by atoms with Gasteiger partial charge in [-0.15, -0.1) is 0 Å². The second-order valence-electron chi connectivity index (χ2n) is 4.12. The van der Waals surface area contributed by atoms with E-state index < -0.39 is 27.4 Å². The Morgan fingerprint density at radius 3 is 2.67 bits per heavy atom. The molecular formula is C11H12FNO4S. The molecule has 1 heterocycles. The van der Waals surface area contributed by atoms with E-state index in [0.29, 0.717) is 18.5 Å². The third kappa shape index (κ3) is 2.51. The molecule has 0 aromatic heterocycles. The maximum absolute atomic E-state index is 13.4. The molecule has 1 aliphatic rings. The van der Waals surface area contributed by atoms with Crippen LogP contribution in [0.25, 0.3) is 0 Å². The van der Waals surface area contributed by atoms with Gasteiger partial charge in [0.1, 0.15) is 5.82 Å². The number of sulfonamides is 1. The third-order valence-electron chi connectivity index (χ3n) is 2.83. The van der Waals surface area contributed by atoms with Crippen LogP contribution in [0.15, 0.2) is 18.2 Å². The highest BCUT2D eigenvalue weighted by atomic mass is 32.2. The van der Waals surface area contributed by atoms with Crippen molar-refractivity contribution >= 4 is 16.0 Å². The van der Waals surface area contributed by atoms with Crippen molar-refractivity contribution in [1.82, 2.24) is 4.31 Å². The van der Waals surface area contributed by atoms with Crippen LogP contribution in [0.3, 0.4) is 0 Å². The second kappa shape index (κ2) is 4.66. The fourth-order valence-electron chi connectivity index (χ4n) is 1.90. The van der Waals surface area contributed by atoms with Crippen molar-refractivity contribution in [3.8, 4) is 0 Å². The minimum absolute atomic E-state index is 0.0825. The molecule has 1 fully saturated rings. The number of hydrogen-bond acceptors (Lipinski definition) is 3. The summed E-state index contributed by atoms with van der Waals surface area (Å²) in [4.78, 5) is 10.6. The van der Waals surface area contributed by atoms with Gasteiger partial charge in [-0.25, -0.2) is 17.6 Å². The predicted octanol–water partition coefficient (Wildman–Crippen LogP) is 1.06. The number of nitrogens with zero attached hydrogens (tertiary/aromatic N) is 1. The fourth-order valence-corrected chi connectivity index (χ4v) is 3.41. The summed E-state index contributed by atoms with van der Waals surface area (Å²) in [5, 5.41) is 8.68. The van der Waals surface area contributed by atoms with Gasteiger partial charge in [0.25, 0.3) is 0 Å². The molecule has 2 rings (SSSR count). The average Bonchev–Trinajstić information content (AvgIpc) is 2.58. The van der Waals surface area contributed by atoms with Crippen molar-refractivity contribution in [2.24, 2.45) is 0 Å². The van der Waals surface area contributed by atoms with E-state index >= 15 is 0 Å². The van der Waals surface area contributed by atoms with Crippen molar-refractivity contribution in [2.75, 3.05) is 12.3 Å². The van der Waals surface area contributed by atoms with Gasteiger partial charge < -0.3 is 5.11 Å². The molecular weight excluding hydrogens is 261 g/mol. The second-order valence-corrected chi connectivity index (χ2v) is 6.21. The molecule has 98 valence electrons. The first-order valence-electron chi connectivity index (χ1n) is 5.40. The molecule has 1 N–H and O–H groups in total. The zero-order valence-corrected chi connectivity index (χ0v) is 10.3. The van der Waals surface area contributed by atoms with Crippen LogP contribution in [0.2, 0.25) is 0 Å². The molecule has 1 aromatic carbocycles. The zero-order chi connectivity index (χ0) is 13.3. The summed E-state index contributed by atoms with van der Waals surface area (Å²) in [6.07, 6.45) is 0.567. The van der Waals surface area contributed by atoms with Crippen molar-refractivity contribution in [3.63, 3.8) is 0 Å². The first kappa shape index (κ1) is 13.0. The van der Waals surface area contributed by atoms with Crippen LogP contribution in [-0.4, -0.2) is 36.1 Å². The van der Waals surface area contributed by atoms with Crippen molar-refractivity contribution in [2.45, 2.75) is 13.0 Å². The quantitative estimate of drug-likeness (QED) is 0.893. The normalized spacial score (nSPS) is 18.9. The minimum atomic E-state index is -3.23. The molecule has 0 amide bonds. The smallest absolute Gasteiger partial charge is 0.338 e. The van der Waals surface area contributed by atoms with E-state index in [1.54, 1.807) is 0 Å². The predicted molar refractivity (Wildman–Crippen MR) is 62.2 cm³/mol. The van der Waals surface area contributed by atoms with Gasteiger partial charge in [-0.3, -0.25) is 0 Å². The SMILES string of the molecule is O=C(O)c1ccc(CN2CCCS2(=O)=O)cc1F. The lowest BCUT2D eigenvalue weighted by Gasteiger charge is -2.14. The summed E-state index contributed by atoms with van der Waals surface area (Å²) in [6, 6.07) is 3.65. The highest BCUT2D eigenvalue weighted by Gasteiger charge is 2.28. The first-order valence-corrected chi connectivity index (χ1v) is 7.00. The summed E-state index contributed by atoms with van der Waals surface area (Å²) in [5.41, 5.74) is 0.0333. The molecule has 18 heavy (non-hydrogen) atoms. The number of aromatic carboxylic acids is 1. The highest BCUT2D eigenvalue weighted by molar-refractivity contribution is 7.89. The lowest BCUT2D eigenvalue weighted by Crippen LogP contribution is -2.25. The summed E-state index contributed by atoms with van der Waals surface area (Å²) >= 11 is 0. The number of carbonyl (C=O) groups is 1. The van der Waals surface area contributed by atoms with E-state index in [4.69, 9.17) is 5.11 Å². The molecule has 0 spiro atoms. The summed E-state index contributed by atoms with van der Waals surface area (Å²) < 4.78 is 37.8. The van der Waals surface area contributed by atoms with Crippen LogP contribution in [0.4, 0.5) is 4.39 Å². The Hall–Kier alpha value is -1.47. The van der Waals surface area contributed by atoms with Gasteiger partial charge >= 0.3 is 5.97 Å². The third-order valence-corrected chi connectivity index (χ3v) is 4.73. The van der Waals surface area contributed by atoms with Gasteiger partial charge in [0.05, 0.1) is 11.3 Å². The van der Waals surface area contributed by atoms with E-state index in [2.05, 4.69) is 0 Å².